The summed E-state index contributed by atoms with van der Waals surface area (Å²) in [6.45, 7) is 11.2. The van der Waals surface area contributed by atoms with Crippen molar-refractivity contribution >= 4 is 11.6 Å². The molecule has 0 radical (unpaired) electrons. The van der Waals surface area contributed by atoms with Crippen LogP contribution in [-0.4, -0.2) is 196 Å². The van der Waals surface area contributed by atoms with Crippen molar-refractivity contribution in [3.05, 3.63) is 51.6 Å². The zero-order valence-corrected chi connectivity index (χ0v) is 44.2. The van der Waals surface area contributed by atoms with Crippen LogP contribution in [0.25, 0.3) is 0 Å². The zero-order chi connectivity index (χ0) is 53.2. The molecule has 6 N–H and O–H groups in total. The molecule has 0 spiro atoms. The first kappa shape index (κ1) is 55.3. The van der Waals surface area contributed by atoms with Gasteiger partial charge in [0.25, 0.3) is 0 Å². The van der Waals surface area contributed by atoms with Gasteiger partial charge in [0.1, 0.15) is 41.7 Å². The van der Waals surface area contributed by atoms with Crippen molar-refractivity contribution in [2.24, 2.45) is 0 Å². The second-order valence-corrected chi connectivity index (χ2v) is 22.1. The number of phenolic OH excluding ortho intramolecular Hbond substituents is 3. The Labute approximate surface area is 433 Å². The molecule has 20 atom stereocenters. The van der Waals surface area contributed by atoms with E-state index in [9.17, 15) is 40.2 Å². The van der Waals surface area contributed by atoms with Crippen LogP contribution in [0.3, 0.4) is 0 Å². The Kier molecular flexibility index (Phi) is 16.6. The molecule has 20 nitrogen and oxygen atoms in total. The highest BCUT2D eigenvalue weighted by Gasteiger charge is 2.52. The fourth-order valence-electron chi connectivity index (χ4n) is 12.3. The number of hydrogen-bond acceptors (Lipinski definition) is 20. The Morgan fingerprint density at radius 3 is 1.70 bits per heavy atom. The molecule has 412 valence electrons. The number of phenols is 3. The first-order chi connectivity index (χ1) is 35.1. The Hall–Kier alpha value is -3.42. The molecule has 5 fully saturated rings. The number of aliphatic hydroxyl groups excluding tert-OH is 2. The van der Waals surface area contributed by atoms with Crippen molar-refractivity contribution in [2.45, 2.75) is 228 Å². The number of ketones is 2. The molecule has 0 saturated carbocycles. The lowest BCUT2D eigenvalue weighted by molar-refractivity contribution is -0.339. The van der Waals surface area contributed by atoms with Crippen molar-refractivity contribution in [1.82, 2.24) is 9.80 Å². The molecule has 20 heteroatoms. The average molecular weight is 1040 g/mol. The number of nitrogens with zero attached hydrogens (tertiary/aromatic N) is 2. The zero-order valence-electron chi connectivity index (χ0n) is 44.2. The maximum atomic E-state index is 14.0. The van der Waals surface area contributed by atoms with Gasteiger partial charge in [-0.05, 0) is 101 Å². The number of benzene rings is 2. The molecule has 2 aromatic rings. The van der Waals surface area contributed by atoms with Crippen LogP contribution in [0.4, 0.5) is 0 Å². The van der Waals surface area contributed by atoms with E-state index in [-0.39, 0.29) is 84.8 Å². The molecule has 2 aromatic carbocycles. The molecule has 7 aliphatic rings. The average Bonchev–Trinajstić information content (AvgIpc) is 3.34. The number of likely N-dealkylation sites (N-methyl/N-ethyl adjacent to an activating group) is 2. The van der Waals surface area contributed by atoms with E-state index in [1.165, 1.54) is 18.2 Å². The molecule has 0 bridgehead atoms. The van der Waals surface area contributed by atoms with E-state index in [4.69, 9.17) is 47.4 Å². The van der Waals surface area contributed by atoms with Crippen LogP contribution in [0, 0.1) is 0 Å². The smallest absolute Gasteiger partial charge is 0.202 e. The molecule has 9 rings (SSSR count). The summed E-state index contributed by atoms with van der Waals surface area (Å²) in [7, 11) is 7.78. The molecule has 5 heterocycles. The highest BCUT2D eigenvalue weighted by atomic mass is 16.8. The SMILES string of the molecule is CC[C@@]1(O)CCc2c(O)c3c(c(O)c2[C@@H]1O[C@H]1C[C@@H](N(C)C)[C@H](O[C@H]2C[C@@H](N(C)C)[C@H](O[C@H]4C[C@@H](O)[C@H](O[C@@H]5CC[C@@H](O[C@@H]6CC[C@@H](O)[C@H](C)O6)[C@H](C)O5)[C@@H](C)O4)[C@@H](C)O2)[C@@H](C)O1)C(=O)c1cccc(O)c1C3=O. The summed E-state index contributed by atoms with van der Waals surface area (Å²) in [4.78, 5) is 31.8. The quantitative estimate of drug-likeness (QED) is 0.131. The number of fused-ring (bicyclic) bond motifs is 3. The van der Waals surface area contributed by atoms with Crippen molar-refractivity contribution in [3.63, 3.8) is 0 Å². The van der Waals surface area contributed by atoms with Crippen LogP contribution in [0.5, 0.6) is 17.2 Å². The molecule has 0 aromatic heterocycles. The van der Waals surface area contributed by atoms with Crippen LogP contribution in [0.2, 0.25) is 0 Å². The monoisotopic (exact) mass is 1040 g/mol. The predicted octanol–water partition coefficient (Wildman–Crippen LogP) is 4.30. The maximum Gasteiger partial charge on any atom is 0.202 e. The van der Waals surface area contributed by atoms with E-state index in [0.29, 0.717) is 32.1 Å². The van der Waals surface area contributed by atoms with E-state index in [2.05, 4.69) is 4.90 Å². The van der Waals surface area contributed by atoms with Gasteiger partial charge in [0.2, 0.25) is 5.78 Å². The van der Waals surface area contributed by atoms with Gasteiger partial charge in [-0.2, -0.15) is 0 Å². The second-order valence-electron chi connectivity index (χ2n) is 22.1. The number of aliphatic hydroxyl groups is 3. The van der Waals surface area contributed by atoms with E-state index >= 15 is 0 Å². The lowest BCUT2D eigenvalue weighted by atomic mass is 9.71. The van der Waals surface area contributed by atoms with Crippen molar-refractivity contribution in [1.29, 1.82) is 0 Å². The molecule has 0 amide bonds. The largest absolute Gasteiger partial charge is 0.507 e. The van der Waals surface area contributed by atoms with Gasteiger partial charge in [-0.15, -0.1) is 0 Å². The summed E-state index contributed by atoms with van der Waals surface area (Å²) in [6.07, 6.45) is -6.26. The van der Waals surface area contributed by atoms with Gasteiger partial charge in [0.15, 0.2) is 37.2 Å². The Morgan fingerprint density at radius 2 is 1.12 bits per heavy atom. The highest BCUT2D eigenvalue weighted by molar-refractivity contribution is 6.31. The third kappa shape index (κ3) is 10.6. The van der Waals surface area contributed by atoms with Crippen LogP contribution in [0.15, 0.2) is 18.2 Å². The maximum absolute atomic E-state index is 14.0. The van der Waals surface area contributed by atoms with Gasteiger partial charge in [-0.1, -0.05) is 19.1 Å². The fraction of sp³-hybridized carbons (Fsp3) is 0.741. The topological polar surface area (TPSA) is 254 Å². The van der Waals surface area contributed by atoms with Gasteiger partial charge in [-0.25, -0.2) is 0 Å². The summed E-state index contributed by atoms with van der Waals surface area (Å²) in [6, 6.07) is 3.59. The third-order valence-electron chi connectivity index (χ3n) is 16.7. The first-order valence-corrected chi connectivity index (χ1v) is 26.6. The standard InChI is InChI=1S/C54H78N2O18/c1-11-54(64)20-19-30-43(49(63)45-44(47(30)61)48(62)42-29(46(45)60)13-12-14-34(42)58)53(54)74-40-22-32(56(9)10)50(27(5)68-40)72-39-21-31(55(7)8)51(26(4)67-39)73-41-23-35(59)52(28(6)69-41)71-38-18-16-36(25(3)66-38)70-37-17-15-33(57)24(2)65-37/h12-14,24-28,31-33,35-41,50-53,57-59,61,63-64H,11,15-23H2,1-10H3/t24-,25-,26+,27+,28+,31+,32+,33+,35+,36+,37+,38+,39-,40-,41-,50+,51+,52+,53-,54+/m0/s1. The summed E-state index contributed by atoms with van der Waals surface area (Å²) in [5, 5.41) is 68.0. The molecule has 0 unspecified atom stereocenters. The second kappa shape index (κ2) is 22.1. The minimum Gasteiger partial charge on any atom is -0.507 e. The van der Waals surface area contributed by atoms with Crippen molar-refractivity contribution in [3.8, 4) is 17.2 Å². The number of aromatic hydroxyl groups is 3. The first-order valence-electron chi connectivity index (χ1n) is 26.6. The van der Waals surface area contributed by atoms with E-state index in [1.54, 1.807) is 6.92 Å². The van der Waals surface area contributed by atoms with Gasteiger partial charge in [0.05, 0.1) is 71.1 Å². The highest BCUT2D eigenvalue weighted by Crippen LogP contribution is 2.54. The van der Waals surface area contributed by atoms with Gasteiger partial charge in [0, 0.05) is 60.9 Å². The van der Waals surface area contributed by atoms with Gasteiger partial charge >= 0.3 is 0 Å². The normalized spacial score (nSPS) is 40.7. The molecule has 2 aliphatic carbocycles. The molecule has 74 heavy (non-hydrogen) atoms. The van der Waals surface area contributed by atoms with E-state index < -0.39 is 132 Å². The summed E-state index contributed by atoms with van der Waals surface area (Å²) in [5.74, 6) is -3.04. The predicted molar refractivity (Wildman–Crippen MR) is 263 cm³/mol. The van der Waals surface area contributed by atoms with Crippen molar-refractivity contribution in [2.75, 3.05) is 28.2 Å². The third-order valence-corrected chi connectivity index (χ3v) is 16.7. The van der Waals surface area contributed by atoms with Gasteiger partial charge in [-0.3, -0.25) is 9.59 Å². The van der Waals surface area contributed by atoms with Crippen LogP contribution >= 0.6 is 0 Å². The Balaban J connectivity index is 0.825. The summed E-state index contributed by atoms with van der Waals surface area (Å²) < 4.78 is 64.4. The fourth-order valence-corrected chi connectivity index (χ4v) is 12.3. The molecular weight excluding hydrogens is 965 g/mol. The minimum absolute atomic E-state index is 0.0115. The Bertz CT molecular complexity index is 2340. The number of ether oxygens (including phenoxy) is 10. The van der Waals surface area contributed by atoms with Crippen LogP contribution in [-0.2, 0) is 53.8 Å². The summed E-state index contributed by atoms with van der Waals surface area (Å²) >= 11 is 0. The number of rotatable bonds is 13. The Morgan fingerprint density at radius 1 is 0.595 bits per heavy atom. The lowest BCUT2D eigenvalue weighted by Gasteiger charge is -2.49. The molecule has 5 saturated heterocycles. The number of carbonyl (C=O) groups excluding carboxylic acids is 2. The number of hydrogen-bond donors (Lipinski definition) is 6. The summed E-state index contributed by atoms with van der Waals surface area (Å²) in [5.41, 5.74) is -2.55. The minimum atomic E-state index is -1.56. The number of carbonyl (C=O) groups is 2. The molecular formula is C54H78N2O18. The molecule has 5 aliphatic heterocycles. The van der Waals surface area contributed by atoms with Gasteiger partial charge < -0.3 is 87.8 Å². The van der Waals surface area contributed by atoms with E-state index in [1.807, 2.05) is 67.7 Å². The van der Waals surface area contributed by atoms with Crippen molar-refractivity contribution < 1.29 is 87.6 Å². The van der Waals surface area contributed by atoms with Crippen LogP contribution < -0.4 is 0 Å². The van der Waals surface area contributed by atoms with Crippen LogP contribution in [0.1, 0.15) is 148 Å². The van der Waals surface area contributed by atoms with E-state index in [0.717, 1.165) is 0 Å². The lowest BCUT2D eigenvalue weighted by Crippen LogP contribution is -2.60.